The van der Waals surface area contributed by atoms with Gasteiger partial charge in [-0.05, 0) is 44.3 Å². The van der Waals surface area contributed by atoms with Crippen LogP contribution >= 0.6 is 11.3 Å². The average molecular weight is 394 g/mol. The minimum absolute atomic E-state index is 0.0676. The standard InChI is InChI=1S/C20H35N5OS/c1-5-21-19(23-11-10-22-18(26)20(2,3)4)24-15-16(17-9-8-14-27-17)25-12-6-7-13-25/h8-9,14,16H,5-7,10-13,15H2,1-4H3,(H,22,26)(H2,21,23,24). The van der Waals surface area contributed by atoms with E-state index in [1.54, 1.807) is 0 Å². The monoisotopic (exact) mass is 393 g/mol. The molecule has 6 nitrogen and oxygen atoms in total. The lowest BCUT2D eigenvalue weighted by molar-refractivity contribution is -0.128. The van der Waals surface area contributed by atoms with Crippen molar-refractivity contribution < 1.29 is 4.79 Å². The quantitative estimate of drug-likeness (QED) is 0.361. The lowest BCUT2D eigenvalue weighted by atomic mass is 9.96. The molecule has 1 aromatic rings. The molecule has 1 aliphatic rings. The predicted molar refractivity (Wildman–Crippen MR) is 114 cm³/mol. The van der Waals surface area contributed by atoms with Gasteiger partial charge in [0.15, 0.2) is 5.96 Å². The summed E-state index contributed by atoms with van der Waals surface area (Å²) in [6.07, 6.45) is 2.55. The summed E-state index contributed by atoms with van der Waals surface area (Å²) in [5.74, 6) is 0.876. The fourth-order valence-corrected chi connectivity index (χ4v) is 3.91. The first-order valence-electron chi connectivity index (χ1n) is 9.99. The van der Waals surface area contributed by atoms with E-state index < -0.39 is 0 Å². The first-order valence-corrected chi connectivity index (χ1v) is 10.9. The van der Waals surface area contributed by atoms with E-state index in [0.717, 1.165) is 32.1 Å². The molecular weight excluding hydrogens is 358 g/mol. The number of nitrogens with one attached hydrogen (secondary N) is 3. The van der Waals surface area contributed by atoms with E-state index in [0.29, 0.717) is 19.1 Å². The SMILES string of the molecule is CCNC(=NCC(c1cccs1)N1CCCC1)NCCNC(=O)C(C)(C)C. The van der Waals surface area contributed by atoms with Crippen molar-refractivity contribution in [3.8, 4) is 0 Å². The molecule has 3 N–H and O–H groups in total. The van der Waals surface area contributed by atoms with Crippen molar-refractivity contribution in [2.75, 3.05) is 39.3 Å². The number of likely N-dealkylation sites (tertiary alicyclic amines) is 1. The number of nitrogens with zero attached hydrogens (tertiary/aromatic N) is 2. The van der Waals surface area contributed by atoms with Crippen LogP contribution in [0.5, 0.6) is 0 Å². The van der Waals surface area contributed by atoms with Gasteiger partial charge < -0.3 is 16.0 Å². The van der Waals surface area contributed by atoms with Gasteiger partial charge in [-0.2, -0.15) is 0 Å². The van der Waals surface area contributed by atoms with Crippen LogP contribution in [0.25, 0.3) is 0 Å². The van der Waals surface area contributed by atoms with Gasteiger partial charge in [0, 0.05) is 29.9 Å². The normalized spacial score (nSPS) is 17.0. The summed E-state index contributed by atoms with van der Waals surface area (Å²) in [6, 6.07) is 4.68. The van der Waals surface area contributed by atoms with Gasteiger partial charge in [0.05, 0.1) is 12.6 Å². The highest BCUT2D eigenvalue weighted by molar-refractivity contribution is 7.10. The number of aliphatic imine (C=N–C) groups is 1. The van der Waals surface area contributed by atoms with E-state index in [4.69, 9.17) is 4.99 Å². The van der Waals surface area contributed by atoms with Gasteiger partial charge in [0.1, 0.15) is 0 Å². The van der Waals surface area contributed by atoms with E-state index in [1.165, 1.54) is 17.7 Å². The Morgan fingerprint density at radius 3 is 2.52 bits per heavy atom. The first-order chi connectivity index (χ1) is 12.9. The zero-order valence-electron chi connectivity index (χ0n) is 17.2. The van der Waals surface area contributed by atoms with Crippen LogP contribution in [0, 0.1) is 5.41 Å². The van der Waals surface area contributed by atoms with Gasteiger partial charge in [-0.1, -0.05) is 26.8 Å². The maximum absolute atomic E-state index is 11.9. The summed E-state index contributed by atoms with van der Waals surface area (Å²) in [4.78, 5) is 20.7. The molecule has 1 saturated heterocycles. The molecule has 152 valence electrons. The highest BCUT2D eigenvalue weighted by Gasteiger charge is 2.24. The third kappa shape index (κ3) is 7.14. The van der Waals surface area contributed by atoms with Gasteiger partial charge in [0.25, 0.3) is 0 Å². The minimum atomic E-state index is -0.359. The second kappa shape index (κ2) is 10.7. The summed E-state index contributed by atoms with van der Waals surface area (Å²) in [5, 5.41) is 11.7. The molecule has 27 heavy (non-hydrogen) atoms. The number of hydrogen-bond acceptors (Lipinski definition) is 4. The van der Waals surface area contributed by atoms with Gasteiger partial charge in [-0.3, -0.25) is 14.7 Å². The second-order valence-corrected chi connectivity index (χ2v) is 8.91. The van der Waals surface area contributed by atoms with E-state index in [1.807, 2.05) is 32.1 Å². The number of hydrogen-bond donors (Lipinski definition) is 3. The summed E-state index contributed by atoms with van der Waals surface area (Å²) >= 11 is 1.81. The van der Waals surface area contributed by atoms with Crippen molar-refractivity contribution in [2.45, 2.75) is 46.6 Å². The van der Waals surface area contributed by atoms with Gasteiger partial charge >= 0.3 is 0 Å². The van der Waals surface area contributed by atoms with E-state index >= 15 is 0 Å². The fraction of sp³-hybridized carbons (Fsp3) is 0.700. The zero-order chi connectivity index (χ0) is 19.7. The largest absolute Gasteiger partial charge is 0.357 e. The van der Waals surface area contributed by atoms with Crippen molar-refractivity contribution in [3.63, 3.8) is 0 Å². The fourth-order valence-electron chi connectivity index (χ4n) is 3.06. The highest BCUT2D eigenvalue weighted by atomic mass is 32.1. The van der Waals surface area contributed by atoms with Crippen LogP contribution in [-0.2, 0) is 4.79 Å². The molecule has 1 amide bonds. The highest BCUT2D eigenvalue weighted by Crippen LogP contribution is 2.28. The molecule has 0 radical (unpaired) electrons. The van der Waals surface area contributed by atoms with E-state index in [-0.39, 0.29) is 11.3 Å². The third-order valence-corrected chi connectivity index (χ3v) is 5.58. The summed E-state index contributed by atoms with van der Waals surface area (Å²) < 4.78 is 0. The van der Waals surface area contributed by atoms with Crippen molar-refractivity contribution in [3.05, 3.63) is 22.4 Å². The molecule has 0 aromatic carbocycles. The summed E-state index contributed by atoms with van der Waals surface area (Å²) in [5.41, 5.74) is -0.359. The van der Waals surface area contributed by atoms with Crippen molar-refractivity contribution >= 4 is 23.2 Å². The van der Waals surface area contributed by atoms with E-state index in [2.05, 4.69) is 45.3 Å². The number of carbonyl (C=O) groups is 1. The molecule has 1 unspecified atom stereocenters. The molecule has 1 fully saturated rings. The van der Waals surface area contributed by atoms with Crippen LogP contribution in [0.15, 0.2) is 22.5 Å². The van der Waals surface area contributed by atoms with Crippen molar-refractivity contribution in [1.29, 1.82) is 0 Å². The minimum Gasteiger partial charge on any atom is -0.357 e. The molecule has 7 heteroatoms. The van der Waals surface area contributed by atoms with Crippen LogP contribution < -0.4 is 16.0 Å². The first kappa shape index (κ1) is 21.7. The number of rotatable bonds is 8. The second-order valence-electron chi connectivity index (χ2n) is 7.93. The lowest BCUT2D eigenvalue weighted by Crippen LogP contribution is -2.43. The van der Waals surface area contributed by atoms with Crippen LogP contribution in [0.3, 0.4) is 0 Å². The Labute approximate surface area is 167 Å². The maximum atomic E-state index is 11.9. The third-order valence-electron chi connectivity index (χ3n) is 4.60. The molecule has 0 spiro atoms. The Morgan fingerprint density at radius 2 is 1.93 bits per heavy atom. The van der Waals surface area contributed by atoms with Crippen LogP contribution in [0.1, 0.15) is 51.5 Å². The molecule has 1 atom stereocenters. The van der Waals surface area contributed by atoms with Gasteiger partial charge in [0.2, 0.25) is 5.91 Å². The number of thiophene rings is 1. The molecule has 2 rings (SSSR count). The molecule has 0 saturated carbocycles. The number of amides is 1. The summed E-state index contributed by atoms with van der Waals surface area (Å²) in [7, 11) is 0. The molecule has 1 aromatic heterocycles. The number of guanidine groups is 1. The summed E-state index contributed by atoms with van der Waals surface area (Å²) in [6.45, 7) is 12.9. The Bertz CT molecular complexity index is 588. The number of carbonyl (C=O) groups excluding carboxylic acids is 1. The Hall–Kier alpha value is -1.60. The van der Waals surface area contributed by atoms with Crippen molar-refractivity contribution in [1.82, 2.24) is 20.9 Å². The smallest absolute Gasteiger partial charge is 0.225 e. The van der Waals surface area contributed by atoms with Crippen LogP contribution in [0.2, 0.25) is 0 Å². The Morgan fingerprint density at radius 1 is 1.22 bits per heavy atom. The maximum Gasteiger partial charge on any atom is 0.225 e. The Kier molecular flexibility index (Phi) is 8.57. The van der Waals surface area contributed by atoms with Gasteiger partial charge in [-0.25, -0.2) is 0 Å². The van der Waals surface area contributed by atoms with Gasteiger partial charge in [-0.15, -0.1) is 11.3 Å². The topological polar surface area (TPSA) is 68.8 Å². The molecule has 0 aliphatic carbocycles. The zero-order valence-corrected chi connectivity index (χ0v) is 18.0. The van der Waals surface area contributed by atoms with Crippen LogP contribution in [0.4, 0.5) is 0 Å². The Balaban J connectivity index is 1.89. The molecule has 0 bridgehead atoms. The lowest BCUT2D eigenvalue weighted by Gasteiger charge is -2.25. The van der Waals surface area contributed by atoms with Crippen molar-refractivity contribution in [2.24, 2.45) is 10.4 Å². The predicted octanol–water partition coefficient (Wildman–Crippen LogP) is 2.60. The van der Waals surface area contributed by atoms with E-state index in [9.17, 15) is 4.79 Å². The van der Waals surface area contributed by atoms with Crippen LogP contribution in [-0.4, -0.2) is 56.0 Å². The average Bonchev–Trinajstić information content (AvgIpc) is 3.32. The molecular formula is C20H35N5OS. The molecule has 2 heterocycles. The molecule has 1 aliphatic heterocycles.